The maximum atomic E-state index is 11.7. The maximum Gasteiger partial charge on any atom is 0.404 e. The largest absolute Gasteiger partial charge is 0.448 e. The van der Waals surface area contributed by atoms with E-state index >= 15 is 0 Å². The summed E-state index contributed by atoms with van der Waals surface area (Å²) in [5.41, 5.74) is 6.04. The smallest absolute Gasteiger partial charge is 0.404 e. The van der Waals surface area contributed by atoms with E-state index in [1.807, 2.05) is 0 Å². The van der Waals surface area contributed by atoms with Crippen molar-refractivity contribution in [3.63, 3.8) is 0 Å². The van der Waals surface area contributed by atoms with Crippen molar-refractivity contribution in [3.8, 4) is 11.8 Å². The van der Waals surface area contributed by atoms with E-state index in [2.05, 4.69) is 21.9 Å². The highest BCUT2D eigenvalue weighted by Crippen LogP contribution is 2.03. The van der Waals surface area contributed by atoms with Crippen molar-refractivity contribution in [1.29, 1.82) is 0 Å². The SMILES string of the molecule is NC(=O)OCCNC(=O)c1ccc(C#CCCO)cc1. The first-order chi connectivity index (χ1) is 9.63. The van der Waals surface area contributed by atoms with E-state index < -0.39 is 6.09 Å². The number of aliphatic hydroxyl groups excluding tert-OH is 1. The molecular weight excluding hydrogens is 260 g/mol. The summed E-state index contributed by atoms with van der Waals surface area (Å²) in [5, 5.41) is 11.2. The lowest BCUT2D eigenvalue weighted by Gasteiger charge is -2.05. The zero-order valence-electron chi connectivity index (χ0n) is 10.9. The van der Waals surface area contributed by atoms with E-state index in [9.17, 15) is 9.59 Å². The van der Waals surface area contributed by atoms with Gasteiger partial charge in [-0.2, -0.15) is 0 Å². The van der Waals surface area contributed by atoms with E-state index in [0.29, 0.717) is 12.0 Å². The molecule has 0 aliphatic heterocycles. The maximum absolute atomic E-state index is 11.7. The van der Waals surface area contributed by atoms with Gasteiger partial charge in [0.2, 0.25) is 0 Å². The molecule has 2 amide bonds. The van der Waals surface area contributed by atoms with Crippen LogP contribution in [0.3, 0.4) is 0 Å². The van der Waals surface area contributed by atoms with Crippen LogP contribution in [0, 0.1) is 11.8 Å². The van der Waals surface area contributed by atoms with E-state index in [4.69, 9.17) is 10.8 Å². The zero-order valence-corrected chi connectivity index (χ0v) is 10.9. The van der Waals surface area contributed by atoms with E-state index in [0.717, 1.165) is 5.56 Å². The fraction of sp³-hybridized carbons (Fsp3) is 0.286. The number of nitrogens with one attached hydrogen (secondary N) is 1. The molecule has 106 valence electrons. The topological polar surface area (TPSA) is 102 Å². The first-order valence-corrected chi connectivity index (χ1v) is 6.03. The van der Waals surface area contributed by atoms with Crippen LogP contribution in [-0.2, 0) is 4.74 Å². The summed E-state index contributed by atoms with van der Waals surface area (Å²) in [5.74, 6) is 5.38. The number of rotatable bonds is 5. The van der Waals surface area contributed by atoms with Crippen LogP contribution in [0.2, 0.25) is 0 Å². The van der Waals surface area contributed by atoms with Gasteiger partial charge in [0, 0.05) is 17.5 Å². The van der Waals surface area contributed by atoms with E-state index in [1.54, 1.807) is 24.3 Å². The normalized spacial score (nSPS) is 9.25. The molecule has 0 radical (unpaired) electrons. The Morgan fingerprint density at radius 1 is 1.30 bits per heavy atom. The lowest BCUT2D eigenvalue weighted by molar-refractivity contribution is 0.0937. The molecule has 4 N–H and O–H groups in total. The second-order valence-electron chi connectivity index (χ2n) is 3.78. The van der Waals surface area contributed by atoms with Gasteiger partial charge in [0.15, 0.2) is 0 Å². The number of primary amides is 1. The van der Waals surface area contributed by atoms with Crippen LogP contribution in [0.5, 0.6) is 0 Å². The quantitative estimate of drug-likeness (QED) is 0.530. The average molecular weight is 276 g/mol. The van der Waals surface area contributed by atoms with Gasteiger partial charge in [0.1, 0.15) is 6.61 Å². The summed E-state index contributed by atoms with van der Waals surface area (Å²) < 4.78 is 4.49. The van der Waals surface area contributed by atoms with Crippen LogP contribution in [-0.4, -0.2) is 36.9 Å². The molecule has 6 heteroatoms. The number of hydrogen-bond donors (Lipinski definition) is 3. The minimum absolute atomic E-state index is 0.0286. The van der Waals surface area contributed by atoms with Crippen LogP contribution in [0.4, 0.5) is 4.79 Å². The third-order valence-corrected chi connectivity index (χ3v) is 2.25. The first kappa shape index (κ1) is 15.5. The van der Waals surface area contributed by atoms with Crippen molar-refractivity contribution in [2.24, 2.45) is 5.73 Å². The molecule has 0 spiro atoms. The molecule has 0 atom stereocenters. The Morgan fingerprint density at radius 3 is 2.60 bits per heavy atom. The Bertz CT molecular complexity index is 514. The molecule has 0 heterocycles. The molecule has 6 nitrogen and oxygen atoms in total. The fourth-order valence-corrected chi connectivity index (χ4v) is 1.34. The fourth-order valence-electron chi connectivity index (χ4n) is 1.34. The summed E-state index contributed by atoms with van der Waals surface area (Å²) in [6.45, 7) is 0.256. The monoisotopic (exact) mass is 276 g/mol. The van der Waals surface area contributed by atoms with Crippen molar-refractivity contribution in [2.45, 2.75) is 6.42 Å². The van der Waals surface area contributed by atoms with Crippen LogP contribution >= 0.6 is 0 Å². The second kappa shape index (κ2) is 8.56. The van der Waals surface area contributed by atoms with Crippen LogP contribution in [0.15, 0.2) is 24.3 Å². The van der Waals surface area contributed by atoms with Gasteiger partial charge in [-0.15, -0.1) is 0 Å². The van der Waals surface area contributed by atoms with Crippen molar-refractivity contribution in [3.05, 3.63) is 35.4 Å². The number of benzene rings is 1. The van der Waals surface area contributed by atoms with Crippen LogP contribution < -0.4 is 11.1 Å². The van der Waals surface area contributed by atoms with Crippen molar-refractivity contribution in [2.75, 3.05) is 19.8 Å². The Hall–Kier alpha value is -2.52. The van der Waals surface area contributed by atoms with Gasteiger partial charge in [-0.3, -0.25) is 4.79 Å². The molecule has 0 saturated heterocycles. The number of nitrogens with two attached hydrogens (primary N) is 1. The number of carbonyl (C=O) groups is 2. The molecule has 1 rings (SSSR count). The third kappa shape index (κ3) is 5.89. The number of aliphatic hydroxyl groups is 1. The summed E-state index contributed by atoms with van der Waals surface area (Å²) >= 11 is 0. The van der Waals surface area contributed by atoms with E-state index in [1.165, 1.54) is 0 Å². The Morgan fingerprint density at radius 2 is 2.00 bits per heavy atom. The summed E-state index contributed by atoms with van der Waals surface area (Å²) in [4.78, 5) is 22.0. The molecule has 0 aliphatic rings. The first-order valence-electron chi connectivity index (χ1n) is 6.03. The molecule has 0 bridgehead atoms. The van der Waals surface area contributed by atoms with Crippen molar-refractivity contribution in [1.82, 2.24) is 5.32 Å². The second-order valence-corrected chi connectivity index (χ2v) is 3.78. The Balaban J connectivity index is 2.45. The highest BCUT2D eigenvalue weighted by atomic mass is 16.5. The van der Waals surface area contributed by atoms with E-state index in [-0.39, 0.29) is 25.7 Å². The summed E-state index contributed by atoms with van der Waals surface area (Å²) in [6, 6.07) is 6.73. The molecule has 0 aliphatic carbocycles. The summed E-state index contributed by atoms with van der Waals surface area (Å²) in [7, 11) is 0. The molecule has 0 fully saturated rings. The third-order valence-electron chi connectivity index (χ3n) is 2.25. The highest BCUT2D eigenvalue weighted by Gasteiger charge is 2.04. The molecule has 1 aromatic carbocycles. The number of ether oxygens (including phenoxy) is 1. The minimum atomic E-state index is -0.870. The van der Waals surface area contributed by atoms with Gasteiger partial charge < -0.3 is 20.9 Å². The van der Waals surface area contributed by atoms with Crippen molar-refractivity contribution >= 4 is 12.0 Å². The van der Waals surface area contributed by atoms with Crippen molar-refractivity contribution < 1.29 is 19.4 Å². The molecule has 0 aromatic heterocycles. The zero-order chi connectivity index (χ0) is 14.8. The lowest BCUT2D eigenvalue weighted by atomic mass is 10.1. The molecule has 0 saturated carbocycles. The van der Waals surface area contributed by atoms with Crippen LogP contribution in [0.1, 0.15) is 22.3 Å². The van der Waals surface area contributed by atoms with Gasteiger partial charge in [-0.05, 0) is 24.3 Å². The van der Waals surface area contributed by atoms with Crippen LogP contribution in [0.25, 0.3) is 0 Å². The van der Waals surface area contributed by atoms with Gasteiger partial charge in [-0.25, -0.2) is 4.79 Å². The van der Waals surface area contributed by atoms with Gasteiger partial charge in [0.05, 0.1) is 13.2 Å². The Labute approximate surface area is 116 Å². The predicted octanol–water partition coefficient (Wildman–Crippen LogP) is 0.246. The molecule has 1 aromatic rings. The molecule has 20 heavy (non-hydrogen) atoms. The van der Waals surface area contributed by atoms with Gasteiger partial charge in [-0.1, -0.05) is 11.8 Å². The minimum Gasteiger partial charge on any atom is -0.448 e. The number of hydrogen-bond acceptors (Lipinski definition) is 4. The number of carbonyl (C=O) groups excluding carboxylic acids is 2. The average Bonchev–Trinajstić information content (AvgIpc) is 2.44. The van der Waals surface area contributed by atoms with Gasteiger partial charge in [0.25, 0.3) is 5.91 Å². The molecular formula is C14H16N2O4. The Kier molecular flexibility index (Phi) is 6.65. The lowest BCUT2D eigenvalue weighted by Crippen LogP contribution is -2.28. The van der Waals surface area contributed by atoms with Gasteiger partial charge >= 0.3 is 6.09 Å². The summed E-state index contributed by atoms with van der Waals surface area (Å²) in [6.07, 6.45) is -0.452. The molecule has 0 unspecified atom stereocenters. The number of amides is 2. The predicted molar refractivity (Wildman–Crippen MR) is 72.9 cm³/mol. The standard InChI is InChI=1S/C14H16N2O4/c15-14(19)20-10-8-16-13(18)12-6-4-11(5-7-12)3-1-2-9-17/h4-7,17H,2,8-10H2,(H2,15,19)(H,16,18). The highest BCUT2D eigenvalue weighted by molar-refractivity contribution is 5.94.